The smallest absolute Gasteiger partial charge is 0.0635 e. The molecule has 0 fully saturated rings. The summed E-state index contributed by atoms with van der Waals surface area (Å²) in [7, 11) is 0. The van der Waals surface area contributed by atoms with Gasteiger partial charge in [0, 0.05) is 37.9 Å². The number of nitrogens with zero attached hydrogens (tertiary/aromatic N) is 2. The first-order valence-electron chi connectivity index (χ1n) is 6.25. The average molecular weight is 436 g/mol. The summed E-state index contributed by atoms with van der Waals surface area (Å²) in [6, 6.07) is 21.6. The van der Waals surface area contributed by atoms with Crippen molar-refractivity contribution < 1.29 is 20.1 Å². The van der Waals surface area contributed by atoms with Crippen LogP contribution >= 0.6 is 0 Å². The molecule has 2 aromatic heterocycles. The van der Waals surface area contributed by atoms with Gasteiger partial charge in [0.05, 0.1) is 11.3 Å². The maximum atomic E-state index is 4.55. The predicted molar refractivity (Wildman–Crippen MR) is 77.0 cm³/mol. The summed E-state index contributed by atoms with van der Waals surface area (Å²) in [5, 5.41) is 2.46. The molecular formula is C17H11IrN2-. The second kappa shape index (κ2) is 5.20. The first-order valence-corrected chi connectivity index (χ1v) is 6.25. The molecule has 0 amide bonds. The van der Waals surface area contributed by atoms with Gasteiger partial charge in [0.1, 0.15) is 0 Å². The molecule has 0 N–H and O–H groups in total. The second-order valence-corrected chi connectivity index (χ2v) is 4.52. The normalized spacial score (nSPS) is 10.6. The molecule has 1 radical (unpaired) electrons. The van der Waals surface area contributed by atoms with E-state index in [0.717, 1.165) is 16.9 Å². The van der Waals surface area contributed by atoms with Gasteiger partial charge in [0.25, 0.3) is 0 Å². The molecule has 99 valence electrons. The third-order valence-corrected chi connectivity index (χ3v) is 3.39. The number of imidazole rings is 1. The Balaban J connectivity index is 0.00000121. The molecule has 0 saturated carbocycles. The Hall–Kier alpha value is -1.96. The van der Waals surface area contributed by atoms with E-state index in [0.29, 0.717) is 0 Å². The monoisotopic (exact) mass is 436 g/mol. The fourth-order valence-corrected chi connectivity index (χ4v) is 2.47. The Morgan fingerprint density at radius 3 is 2.65 bits per heavy atom. The molecule has 0 atom stereocenters. The van der Waals surface area contributed by atoms with Crippen molar-refractivity contribution in [3.63, 3.8) is 0 Å². The second-order valence-electron chi connectivity index (χ2n) is 4.52. The minimum absolute atomic E-state index is 0. The van der Waals surface area contributed by atoms with Gasteiger partial charge in [-0.2, -0.15) is 0 Å². The van der Waals surface area contributed by atoms with Gasteiger partial charge in [-0.3, -0.25) is 4.98 Å². The maximum absolute atomic E-state index is 4.55. The molecule has 4 aromatic rings. The molecule has 2 nitrogen and oxygen atoms in total. The van der Waals surface area contributed by atoms with Crippen molar-refractivity contribution in [1.82, 2.24) is 9.38 Å². The first-order chi connectivity index (χ1) is 9.43. The van der Waals surface area contributed by atoms with E-state index >= 15 is 0 Å². The molecule has 0 bridgehead atoms. The standard InChI is InChI=1S/C17H11N2.Ir/c1-2-7-14(8-3-1)17-18-12-16-15-9-5-4-6-13(15)10-11-19(16)17;/h1-7,9-12H;/q-1;. The number of fused-ring (bicyclic) bond motifs is 3. The Labute approximate surface area is 130 Å². The molecule has 0 aliphatic heterocycles. The van der Waals surface area contributed by atoms with Crippen LogP contribution in [0.4, 0.5) is 0 Å². The summed E-state index contributed by atoms with van der Waals surface area (Å²) in [5.41, 5.74) is 2.14. The van der Waals surface area contributed by atoms with Crippen molar-refractivity contribution in [2.75, 3.05) is 0 Å². The van der Waals surface area contributed by atoms with Gasteiger partial charge >= 0.3 is 0 Å². The molecule has 0 unspecified atom stereocenters. The molecule has 4 rings (SSSR count). The zero-order valence-electron chi connectivity index (χ0n) is 10.6. The molecule has 3 heteroatoms. The maximum Gasteiger partial charge on any atom is 0.0635 e. The van der Waals surface area contributed by atoms with Crippen LogP contribution in [-0.4, -0.2) is 9.38 Å². The summed E-state index contributed by atoms with van der Waals surface area (Å²) < 4.78 is 2.12. The summed E-state index contributed by atoms with van der Waals surface area (Å²) in [6.45, 7) is 0. The van der Waals surface area contributed by atoms with E-state index in [1.54, 1.807) is 0 Å². The summed E-state index contributed by atoms with van der Waals surface area (Å²) >= 11 is 0. The first kappa shape index (κ1) is 13.0. The Kier molecular flexibility index (Phi) is 3.39. The van der Waals surface area contributed by atoms with Crippen LogP contribution in [0, 0.1) is 6.07 Å². The van der Waals surface area contributed by atoms with Crippen molar-refractivity contribution >= 4 is 16.3 Å². The number of hydrogen-bond donors (Lipinski definition) is 0. The number of benzene rings is 2. The van der Waals surface area contributed by atoms with E-state index in [2.05, 4.69) is 52.0 Å². The van der Waals surface area contributed by atoms with Crippen molar-refractivity contribution in [2.45, 2.75) is 0 Å². The van der Waals surface area contributed by atoms with E-state index in [1.165, 1.54) is 10.8 Å². The van der Waals surface area contributed by atoms with Crippen LogP contribution in [0.3, 0.4) is 0 Å². The van der Waals surface area contributed by atoms with E-state index in [-0.39, 0.29) is 20.1 Å². The minimum Gasteiger partial charge on any atom is -0.340 e. The predicted octanol–water partition coefficient (Wildman–Crippen LogP) is 3.95. The van der Waals surface area contributed by atoms with Gasteiger partial charge in [0.15, 0.2) is 0 Å². The van der Waals surface area contributed by atoms with Crippen LogP contribution in [0.2, 0.25) is 0 Å². The van der Waals surface area contributed by atoms with Crippen LogP contribution < -0.4 is 0 Å². The van der Waals surface area contributed by atoms with Crippen molar-refractivity contribution in [3.8, 4) is 11.4 Å². The van der Waals surface area contributed by atoms with Gasteiger partial charge in [-0.15, -0.1) is 35.9 Å². The number of rotatable bonds is 1. The van der Waals surface area contributed by atoms with E-state index in [4.69, 9.17) is 0 Å². The molecule has 0 spiro atoms. The van der Waals surface area contributed by atoms with Gasteiger partial charge < -0.3 is 4.40 Å². The molecule has 2 heterocycles. The Bertz CT molecular complexity index is 866. The van der Waals surface area contributed by atoms with E-state index < -0.39 is 0 Å². The van der Waals surface area contributed by atoms with Crippen molar-refractivity contribution in [1.29, 1.82) is 0 Å². The van der Waals surface area contributed by atoms with Crippen molar-refractivity contribution in [2.24, 2.45) is 0 Å². The Morgan fingerprint density at radius 2 is 1.80 bits per heavy atom. The third-order valence-electron chi connectivity index (χ3n) is 3.39. The molecule has 0 aliphatic rings. The number of pyridine rings is 1. The van der Waals surface area contributed by atoms with Gasteiger partial charge in [-0.25, -0.2) is 0 Å². The van der Waals surface area contributed by atoms with Crippen LogP contribution in [0.15, 0.2) is 67.0 Å². The SMILES string of the molecule is [Ir].[c-]1ccccc1-c1ncc2c3ccccc3ccn12. The molecule has 20 heavy (non-hydrogen) atoms. The molecule has 2 aromatic carbocycles. The molecule has 0 aliphatic carbocycles. The van der Waals surface area contributed by atoms with E-state index in [1.807, 2.05) is 30.5 Å². The third kappa shape index (κ3) is 1.96. The summed E-state index contributed by atoms with van der Waals surface area (Å²) in [5.74, 6) is 0.932. The topological polar surface area (TPSA) is 17.3 Å². The average Bonchev–Trinajstić information content (AvgIpc) is 2.92. The summed E-state index contributed by atoms with van der Waals surface area (Å²) in [4.78, 5) is 4.55. The summed E-state index contributed by atoms with van der Waals surface area (Å²) in [6.07, 6.45) is 4.00. The minimum atomic E-state index is 0. The van der Waals surface area contributed by atoms with Gasteiger partial charge in [0.2, 0.25) is 0 Å². The zero-order chi connectivity index (χ0) is 12.7. The molecular weight excluding hydrogens is 424 g/mol. The van der Waals surface area contributed by atoms with Crippen molar-refractivity contribution in [3.05, 3.63) is 73.1 Å². The number of hydrogen-bond acceptors (Lipinski definition) is 1. The van der Waals surface area contributed by atoms with Gasteiger partial charge in [-0.05, 0) is 11.5 Å². The number of aromatic nitrogens is 2. The fraction of sp³-hybridized carbons (Fsp3) is 0. The zero-order valence-corrected chi connectivity index (χ0v) is 13.0. The van der Waals surface area contributed by atoms with Gasteiger partial charge in [-0.1, -0.05) is 24.3 Å². The largest absolute Gasteiger partial charge is 0.340 e. The Morgan fingerprint density at radius 1 is 0.950 bits per heavy atom. The molecule has 0 saturated heterocycles. The van der Waals surface area contributed by atoms with Crippen LogP contribution in [0.1, 0.15) is 0 Å². The van der Waals surface area contributed by atoms with E-state index in [9.17, 15) is 0 Å². The van der Waals surface area contributed by atoms with Crippen LogP contribution in [0.25, 0.3) is 27.7 Å². The quantitative estimate of drug-likeness (QED) is 0.414. The fourth-order valence-electron chi connectivity index (χ4n) is 2.47. The van der Waals surface area contributed by atoms with Crippen LogP contribution in [0.5, 0.6) is 0 Å². The van der Waals surface area contributed by atoms with Crippen LogP contribution in [-0.2, 0) is 20.1 Å².